The summed E-state index contributed by atoms with van der Waals surface area (Å²) in [5, 5.41) is 4.32. The van der Waals surface area contributed by atoms with E-state index in [1.807, 2.05) is 13.8 Å². The number of fused-ring (bicyclic) bond motifs is 1. The van der Waals surface area contributed by atoms with Gasteiger partial charge >= 0.3 is 0 Å². The molecule has 0 aliphatic heterocycles. The number of rotatable bonds is 3. The Morgan fingerprint density at radius 2 is 2.00 bits per heavy atom. The lowest BCUT2D eigenvalue weighted by Crippen LogP contribution is -2.17. The maximum Gasteiger partial charge on any atom is 0.297 e. The SMILES string of the molecule is CCn1nc(C)cc1C(=O)N=c1sc2cc(C)ccc2n1CC. The average Bonchev–Trinajstić information content (AvgIpc) is 3.06. The highest BCUT2D eigenvalue weighted by Gasteiger charge is 2.13. The summed E-state index contributed by atoms with van der Waals surface area (Å²) in [6, 6.07) is 8.11. The van der Waals surface area contributed by atoms with E-state index in [2.05, 4.69) is 46.7 Å². The van der Waals surface area contributed by atoms with Gasteiger partial charge in [0.1, 0.15) is 5.69 Å². The highest BCUT2D eigenvalue weighted by molar-refractivity contribution is 7.16. The number of hydrogen-bond acceptors (Lipinski definition) is 3. The standard InChI is InChI=1S/C17H20N4OS/c1-5-20-13-8-7-11(3)9-15(13)23-17(20)18-16(22)14-10-12(4)19-21(14)6-2/h7-10H,5-6H2,1-4H3. The Hall–Kier alpha value is -2.21. The zero-order chi connectivity index (χ0) is 16.6. The van der Waals surface area contributed by atoms with Crippen LogP contribution in [0.15, 0.2) is 29.3 Å². The smallest absolute Gasteiger partial charge is 0.297 e. The van der Waals surface area contributed by atoms with Crippen LogP contribution in [0.3, 0.4) is 0 Å². The summed E-state index contributed by atoms with van der Waals surface area (Å²) in [7, 11) is 0. The van der Waals surface area contributed by atoms with Gasteiger partial charge < -0.3 is 4.57 Å². The molecule has 23 heavy (non-hydrogen) atoms. The van der Waals surface area contributed by atoms with Crippen LogP contribution in [0.4, 0.5) is 0 Å². The minimum absolute atomic E-state index is 0.238. The Balaban J connectivity index is 2.15. The van der Waals surface area contributed by atoms with Gasteiger partial charge in [0.2, 0.25) is 0 Å². The second kappa shape index (κ2) is 6.12. The number of amides is 1. The van der Waals surface area contributed by atoms with Crippen LogP contribution in [-0.2, 0) is 13.1 Å². The summed E-state index contributed by atoms with van der Waals surface area (Å²) >= 11 is 1.55. The van der Waals surface area contributed by atoms with Gasteiger partial charge in [0.15, 0.2) is 4.80 Å². The second-order valence-corrected chi connectivity index (χ2v) is 6.51. The van der Waals surface area contributed by atoms with E-state index in [0.717, 1.165) is 27.3 Å². The van der Waals surface area contributed by atoms with Crippen LogP contribution in [0, 0.1) is 13.8 Å². The number of aryl methyl sites for hydroxylation is 4. The topological polar surface area (TPSA) is 52.2 Å². The molecule has 0 aliphatic rings. The van der Waals surface area contributed by atoms with E-state index in [-0.39, 0.29) is 5.91 Å². The van der Waals surface area contributed by atoms with Crippen molar-refractivity contribution in [3.8, 4) is 0 Å². The minimum Gasteiger partial charge on any atom is -0.317 e. The molecule has 0 spiro atoms. The molecule has 120 valence electrons. The molecule has 0 radical (unpaired) electrons. The third-order valence-electron chi connectivity index (χ3n) is 3.77. The average molecular weight is 328 g/mol. The first kappa shape index (κ1) is 15.7. The third kappa shape index (κ3) is 2.86. The highest BCUT2D eigenvalue weighted by atomic mass is 32.1. The second-order valence-electron chi connectivity index (χ2n) is 5.50. The number of carbonyl (C=O) groups is 1. The monoisotopic (exact) mass is 328 g/mol. The van der Waals surface area contributed by atoms with E-state index in [0.29, 0.717) is 12.2 Å². The summed E-state index contributed by atoms with van der Waals surface area (Å²) in [6.07, 6.45) is 0. The molecule has 0 bridgehead atoms. The Bertz CT molecular complexity index is 945. The first-order valence-electron chi connectivity index (χ1n) is 7.77. The fourth-order valence-corrected chi connectivity index (χ4v) is 3.86. The van der Waals surface area contributed by atoms with E-state index in [4.69, 9.17) is 0 Å². The molecule has 2 aromatic heterocycles. The zero-order valence-electron chi connectivity index (χ0n) is 13.8. The molecule has 0 saturated carbocycles. The van der Waals surface area contributed by atoms with Gasteiger partial charge in [-0.25, -0.2) is 0 Å². The Kier molecular flexibility index (Phi) is 4.17. The van der Waals surface area contributed by atoms with E-state index in [1.165, 1.54) is 5.56 Å². The molecule has 6 heteroatoms. The molecule has 0 N–H and O–H groups in total. The lowest BCUT2D eigenvalue weighted by Gasteiger charge is -2.01. The molecular weight excluding hydrogens is 308 g/mol. The third-order valence-corrected chi connectivity index (χ3v) is 4.81. The molecule has 0 unspecified atom stereocenters. The predicted molar refractivity (Wildman–Crippen MR) is 92.8 cm³/mol. The Labute approximate surface area is 138 Å². The normalized spacial score (nSPS) is 12.3. The number of nitrogens with zero attached hydrogens (tertiary/aromatic N) is 4. The molecule has 5 nitrogen and oxygen atoms in total. The molecule has 3 aromatic rings. The number of carbonyl (C=O) groups excluding carboxylic acids is 1. The van der Waals surface area contributed by atoms with Crippen molar-refractivity contribution in [2.75, 3.05) is 0 Å². The number of benzene rings is 1. The van der Waals surface area contributed by atoms with Crippen LogP contribution >= 0.6 is 11.3 Å². The van der Waals surface area contributed by atoms with Crippen LogP contribution < -0.4 is 4.80 Å². The lowest BCUT2D eigenvalue weighted by molar-refractivity contribution is 0.0987. The highest BCUT2D eigenvalue weighted by Crippen LogP contribution is 2.19. The fourth-order valence-electron chi connectivity index (χ4n) is 2.67. The molecule has 0 atom stereocenters. The van der Waals surface area contributed by atoms with Crippen LogP contribution in [-0.4, -0.2) is 20.3 Å². The molecular formula is C17H20N4OS. The van der Waals surface area contributed by atoms with Crippen molar-refractivity contribution in [3.05, 3.63) is 46.0 Å². The molecule has 0 fully saturated rings. The van der Waals surface area contributed by atoms with Gasteiger partial charge in [-0.2, -0.15) is 10.1 Å². The van der Waals surface area contributed by atoms with Crippen molar-refractivity contribution < 1.29 is 4.79 Å². The first-order valence-corrected chi connectivity index (χ1v) is 8.58. The quantitative estimate of drug-likeness (QED) is 0.741. The molecule has 0 saturated heterocycles. The predicted octanol–water partition coefficient (Wildman–Crippen LogP) is 3.30. The fraction of sp³-hybridized carbons (Fsp3) is 0.353. The summed E-state index contributed by atoms with van der Waals surface area (Å²) < 4.78 is 4.93. The van der Waals surface area contributed by atoms with Crippen molar-refractivity contribution in [2.45, 2.75) is 40.8 Å². The maximum atomic E-state index is 12.6. The number of thiazole rings is 1. The van der Waals surface area contributed by atoms with Gasteiger partial charge in [0, 0.05) is 13.1 Å². The van der Waals surface area contributed by atoms with Crippen molar-refractivity contribution in [1.29, 1.82) is 0 Å². The van der Waals surface area contributed by atoms with Gasteiger partial charge in [-0.1, -0.05) is 17.4 Å². The van der Waals surface area contributed by atoms with Crippen LogP contribution in [0.1, 0.15) is 35.6 Å². The number of hydrogen-bond donors (Lipinski definition) is 0. The molecule has 2 heterocycles. The van der Waals surface area contributed by atoms with E-state index in [9.17, 15) is 4.79 Å². The van der Waals surface area contributed by atoms with Crippen LogP contribution in [0.25, 0.3) is 10.2 Å². The Morgan fingerprint density at radius 3 is 2.70 bits per heavy atom. The van der Waals surface area contributed by atoms with E-state index in [1.54, 1.807) is 22.1 Å². The van der Waals surface area contributed by atoms with Crippen LogP contribution in [0.2, 0.25) is 0 Å². The Morgan fingerprint density at radius 1 is 1.22 bits per heavy atom. The van der Waals surface area contributed by atoms with Crippen molar-refractivity contribution >= 4 is 27.5 Å². The van der Waals surface area contributed by atoms with E-state index < -0.39 is 0 Å². The van der Waals surface area contributed by atoms with Crippen molar-refractivity contribution in [2.24, 2.45) is 4.99 Å². The summed E-state index contributed by atoms with van der Waals surface area (Å²) in [4.78, 5) is 17.7. The van der Waals surface area contributed by atoms with Gasteiger partial charge in [-0.05, 0) is 51.5 Å². The van der Waals surface area contributed by atoms with Crippen molar-refractivity contribution in [3.63, 3.8) is 0 Å². The molecule has 1 aromatic carbocycles. The molecule has 0 aliphatic carbocycles. The van der Waals surface area contributed by atoms with Crippen molar-refractivity contribution in [1.82, 2.24) is 14.3 Å². The van der Waals surface area contributed by atoms with Gasteiger partial charge in [-0.3, -0.25) is 9.48 Å². The zero-order valence-corrected chi connectivity index (χ0v) is 14.6. The summed E-state index contributed by atoms with van der Waals surface area (Å²) in [6.45, 7) is 9.43. The summed E-state index contributed by atoms with van der Waals surface area (Å²) in [5.41, 5.74) is 3.71. The van der Waals surface area contributed by atoms with Gasteiger partial charge in [-0.15, -0.1) is 0 Å². The summed E-state index contributed by atoms with van der Waals surface area (Å²) in [5.74, 6) is -0.238. The first-order chi connectivity index (χ1) is 11.0. The lowest BCUT2D eigenvalue weighted by atomic mass is 10.2. The molecule has 1 amide bonds. The van der Waals surface area contributed by atoms with Crippen LogP contribution in [0.5, 0.6) is 0 Å². The minimum atomic E-state index is -0.238. The van der Waals surface area contributed by atoms with E-state index >= 15 is 0 Å². The number of aromatic nitrogens is 3. The maximum absolute atomic E-state index is 12.6. The largest absolute Gasteiger partial charge is 0.317 e. The molecule has 3 rings (SSSR count). The van der Waals surface area contributed by atoms with Gasteiger partial charge in [0.05, 0.1) is 15.9 Å². The van der Waals surface area contributed by atoms with Gasteiger partial charge in [0.25, 0.3) is 5.91 Å².